The van der Waals surface area contributed by atoms with Gasteiger partial charge in [0.05, 0.1) is 0 Å². The average molecular weight is 384 g/mol. The summed E-state index contributed by atoms with van der Waals surface area (Å²) in [7, 11) is 1.82. The third-order valence-corrected chi connectivity index (χ3v) is 4.38. The molecule has 1 atom stereocenters. The molecule has 0 aliphatic heterocycles. The van der Waals surface area contributed by atoms with Gasteiger partial charge in [-0.05, 0) is 29.3 Å². The van der Waals surface area contributed by atoms with E-state index in [0.717, 1.165) is 15.6 Å². The van der Waals surface area contributed by atoms with Crippen LogP contribution in [-0.4, -0.2) is 27.6 Å². The van der Waals surface area contributed by atoms with Crippen molar-refractivity contribution in [3.8, 4) is 0 Å². The van der Waals surface area contributed by atoms with E-state index < -0.39 is 6.04 Å². The van der Waals surface area contributed by atoms with Gasteiger partial charge in [0, 0.05) is 30.5 Å². The molecule has 24 heavy (non-hydrogen) atoms. The molecule has 0 radical (unpaired) electrons. The van der Waals surface area contributed by atoms with E-state index in [1.165, 1.54) is 0 Å². The van der Waals surface area contributed by atoms with Crippen LogP contribution in [0.25, 0.3) is 0 Å². The summed E-state index contributed by atoms with van der Waals surface area (Å²) in [4.78, 5) is 14.8. The maximum atomic E-state index is 13.1. The molecule has 0 saturated heterocycles. The Morgan fingerprint density at radius 2 is 1.83 bits per heavy atom. The number of carbonyl (C=O) groups excluding carboxylic acids is 1. The number of amides is 1. The van der Waals surface area contributed by atoms with Crippen LogP contribution in [0.1, 0.15) is 17.2 Å². The van der Waals surface area contributed by atoms with Crippen molar-refractivity contribution in [2.24, 2.45) is 0 Å². The van der Waals surface area contributed by atoms with Crippen LogP contribution in [0.3, 0.4) is 0 Å². The summed E-state index contributed by atoms with van der Waals surface area (Å²) in [6, 6.07) is 19.1. The van der Waals surface area contributed by atoms with Crippen molar-refractivity contribution in [2.45, 2.75) is 12.6 Å². The molecule has 4 nitrogen and oxygen atoms in total. The number of rotatable bonds is 5. The maximum Gasteiger partial charge on any atom is 0.252 e. The minimum atomic E-state index is -0.457. The molecule has 0 N–H and O–H groups in total. The first kappa shape index (κ1) is 16.5. The van der Waals surface area contributed by atoms with E-state index in [2.05, 4.69) is 21.0 Å². The Balaban J connectivity index is 1.84. The van der Waals surface area contributed by atoms with Gasteiger partial charge in [-0.1, -0.05) is 58.4 Å². The molecule has 3 rings (SSSR count). The molecular weight excluding hydrogens is 366 g/mol. The third-order valence-electron chi connectivity index (χ3n) is 3.85. The molecule has 1 amide bonds. The molecule has 0 aliphatic carbocycles. The van der Waals surface area contributed by atoms with Gasteiger partial charge in [-0.2, -0.15) is 5.10 Å². The molecule has 3 aromatic rings. The highest BCUT2D eigenvalue weighted by atomic mass is 79.9. The second kappa shape index (κ2) is 7.45. The van der Waals surface area contributed by atoms with Gasteiger partial charge >= 0.3 is 0 Å². The lowest BCUT2D eigenvalue weighted by atomic mass is 10.1. The molecule has 1 aromatic heterocycles. The Labute approximate surface area is 149 Å². The standard InChI is InChI=1S/C19H18BrN3O/c1-22(14-15-8-10-17(20)11-9-15)19(24)18(23-13-5-12-21-23)16-6-3-2-4-7-16/h2-13,18H,14H2,1H3. The van der Waals surface area contributed by atoms with Gasteiger partial charge in [0.2, 0.25) is 0 Å². The zero-order valence-corrected chi connectivity index (χ0v) is 14.9. The van der Waals surface area contributed by atoms with Crippen LogP contribution in [0.4, 0.5) is 0 Å². The van der Waals surface area contributed by atoms with E-state index in [1.807, 2.05) is 73.9 Å². The van der Waals surface area contributed by atoms with Crippen molar-refractivity contribution >= 4 is 21.8 Å². The smallest absolute Gasteiger partial charge is 0.252 e. The van der Waals surface area contributed by atoms with E-state index in [4.69, 9.17) is 0 Å². The molecule has 0 saturated carbocycles. The Kier molecular flexibility index (Phi) is 5.11. The molecule has 1 heterocycles. The Morgan fingerprint density at radius 1 is 1.12 bits per heavy atom. The van der Waals surface area contributed by atoms with E-state index in [9.17, 15) is 4.79 Å². The summed E-state index contributed by atoms with van der Waals surface area (Å²) in [5.41, 5.74) is 2.01. The lowest BCUT2D eigenvalue weighted by Crippen LogP contribution is -2.35. The first-order valence-electron chi connectivity index (χ1n) is 7.68. The van der Waals surface area contributed by atoms with E-state index >= 15 is 0 Å². The number of benzene rings is 2. The summed E-state index contributed by atoms with van der Waals surface area (Å²) in [6.07, 6.45) is 3.51. The van der Waals surface area contributed by atoms with Crippen LogP contribution >= 0.6 is 15.9 Å². The molecular formula is C19H18BrN3O. The average Bonchev–Trinajstić information content (AvgIpc) is 3.12. The highest BCUT2D eigenvalue weighted by molar-refractivity contribution is 9.10. The number of halogens is 1. The fourth-order valence-corrected chi connectivity index (χ4v) is 2.89. The molecule has 0 fully saturated rings. The number of nitrogens with zero attached hydrogens (tertiary/aromatic N) is 3. The second-order valence-electron chi connectivity index (χ2n) is 5.62. The minimum Gasteiger partial charge on any atom is -0.339 e. The molecule has 122 valence electrons. The fraction of sp³-hybridized carbons (Fsp3) is 0.158. The fourth-order valence-electron chi connectivity index (χ4n) is 2.63. The van der Waals surface area contributed by atoms with Gasteiger partial charge < -0.3 is 4.90 Å². The second-order valence-corrected chi connectivity index (χ2v) is 6.54. The Hall–Kier alpha value is -2.40. The van der Waals surface area contributed by atoms with Crippen LogP contribution in [0.5, 0.6) is 0 Å². The summed E-state index contributed by atoms with van der Waals surface area (Å²) in [6.45, 7) is 0.552. The van der Waals surface area contributed by atoms with Crippen LogP contribution < -0.4 is 0 Å². The van der Waals surface area contributed by atoms with Gasteiger partial charge in [0.25, 0.3) is 5.91 Å². The Bertz CT molecular complexity index is 785. The van der Waals surface area contributed by atoms with Crippen LogP contribution in [0.2, 0.25) is 0 Å². The van der Waals surface area contributed by atoms with Gasteiger partial charge in [0.1, 0.15) is 0 Å². The summed E-state index contributed by atoms with van der Waals surface area (Å²) >= 11 is 3.43. The maximum absolute atomic E-state index is 13.1. The topological polar surface area (TPSA) is 38.1 Å². The lowest BCUT2D eigenvalue weighted by molar-refractivity contribution is -0.133. The summed E-state index contributed by atoms with van der Waals surface area (Å²) < 4.78 is 2.73. The van der Waals surface area contributed by atoms with E-state index in [-0.39, 0.29) is 5.91 Å². The zero-order valence-electron chi connectivity index (χ0n) is 13.3. The number of likely N-dealkylation sites (N-methyl/N-ethyl adjacent to an activating group) is 1. The van der Waals surface area contributed by atoms with E-state index in [0.29, 0.717) is 6.54 Å². The quantitative estimate of drug-likeness (QED) is 0.670. The Morgan fingerprint density at radius 3 is 2.46 bits per heavy atom. The molecule has 0 bridgehead atoms. The lowest BCUT2D eigenvalue weighted by Gasteiger charge is -2.24. The number of aromatic nitrogens is 2. The van der Waals surface area contributed by atoms with Crippen molar-refractivity contribution in [3.05, 3.63) is 88.7 Å². The largest absolute Gasteiger partial charge is 0.339 e. The monoisotopic (exact) mass is 383 g/mol. The highest BCUT2D eigenvalue weighted by Gasteiger charge is 2.26. The molecule has 1 unspecified atom stereocenters. The van der Waals surface area contributed by atoms with Crippen molar-refractivity contribution in [2.75, 3.05) is 7.05 Å². The van der Waals surface area contributed by atoms with Gasteiger partial charge in [0.15, 0.2) is 6.04 Å². The summed E-state index contributed by atoms with van der Waals surface area (Å²) in [5.74, 6) is 0.00724. The molecule has 2 aromatic carbocycles. The van der Waals surface area contributed by atoms with Crippen LogP contribution in [0.15, 0.2) is 77.5 Å². The molecule has 0 aliphatic rings. The number of carbonyl (C=O) groups is 1. The predicted molar refractivity (Wildman–Crippen MR) is 97.4 cm³/mol. The van der Waals surface area contributed by atoms with Crippen molar-refractivity contribution in [1.29, 1.82) is 0 Å². The van der Waals surface area contributed by atoms with Gasteiger partial charge in [-0.15, -0.1) is 0 Å². The normalized spacial score (nSPS) is 11.9. The first-order chi connectivity index (χ1) is 11.6. The number of hydrogen-bond acceptors (Lipinski definition) is 2. The van der Waals surface area contributed by atoms with Gasteiger partial charge in [-0.3, -0.25) is 9.48 Å². The highest BCUT2D eigenvalue weighted by Crippen LogP contribution is 2.21. The van der Waals surface area contributed by atoms with Crippen LogP contribution in [-0.2, 0) is 11.3 Å². The van der Waals surface area contributed by atoms with Crippen molar-refractivity contribution in [1.82, 2.24) is 14.7 Å². The number of hydrogen-bond donors (Lipinski definition) is 0. The summed E-state index contributed by atoms with van der Waals surface area (Å²) in [5, 5.41) is 4.28. The zero-order chi connectivity index (χ0) is 16.9. The predicted octanol–water partition coefficient (Wildman–Crippen LogP) is 3.89. The SMILES string of the molecule is CN(Cc1ccc(Br)cc1)C(=O)C(c1ccccc1)n1cccn1. The van der Waals surface area contributed by atoms with Crippen molar-refractivity contribution < 1.29 is 4.79 Å². The molecule has 5 heteroatoms. The van der Waals surface area contributed by atoms with E-state index in [1.54, 1.807) is 15.8 Å². The molecule has 0 spiro atoms. The minimum absolute atomic E-state index is 0.00724. The third kappa shape index (κ3) is 3.74. The van der Waals surface area contributed by atoms with Crippen LogP contribution in [0, 0.1) is 0 Å². The first-order valence-corrected chi connectivity index (χ1v) is 8.48. The van der Waals surface area contributed by atoms with Crippen molar-refractivity contribution in [3.63, 3.8) is 0 Å². The van der Waals surface area contributed by atoms with Gasteiger partial charge in [-0.25, -0.2) is 0 Å².